The maximum absolute atomic E-state index is 12.3. The Morgan fingerprint density at radius 1 is 1.46 bits per heavy atom. The highest BCUT2D eigenvalue weighted by Crippen LogP contribution is 2.67. The molecule has 1 unspecified atom stereocenters. The van der Waals surface area contributed by atoms with Crippen molar-refractivity contribution < 1.29 is 15.0 Å². The fourth-order valence-corrected chi connectivity index (χ4v) is 4.17. The second-order valence-electron chi connectivity index (χ2n) is 6.49. The van der Waals surface area contributed by atoms with Crippen molar-refractivity contribution in [3.8, 4) is 0 Å². The van der Waals surface area contributed by atoms with E-state index >= 15 is 0 Å². The number of carbonyl (C=O) groups excluding carboxylic acids is 1. The number of imidazole rings is 1. The van der Waals surface area contributed by atoms with Gasteiger partial charge >= 0.3 is 0 Å². The van der Waals surface area contributed by atoms with Crippen LogP contribution in [0.1, 0.15) is 12.5 Å². The van der Waals surface area contributed by atoms with Crippen LogP contribution in [0, 0.1) is 11.3 Å². The normalized spacial score (nSPS) is 32.0. The molecule has 4 rings (SSSR count). The Kier molecular flexibility index (Phi) is 3.51. The van der Waals surface area contributed by atoms with Gasteiger partial charge in [-0.3, -0.25) is 4.79 Å². The van der Waals surface area contributed by atoms with E-state index in [4.69, 9.17) is 5.53 Å². The van der Waals surface area contributed by atoms with E-state index in [1.165, 1.54) is 13.4 Å². The molecule has 2 heterocycles. The number of aromatic nitrogens is 4. The lowest BCUT2D eigenvalue weighted by Crippen LogP contribution is -2.41. The second kappa shape index (κ2) is 5.53. The van der Waals surface area contributed by atoms with E-state index in [9.17, 15) is 15.0 Å². The molecule has 4 N–H and O–H groups in total. The minimum absolute atomic E-state index is 0.0903. The van der Waals surface area contributed by atoms with Crippen LogP contribution in [0.15, 0.2) is 11.4 Å². The highest BCUT2D eigenvalue weighted by atomic mass is 16.3. The van der Waals surface area contributed by atoms with Crippen molar-refractivity contribution in [1.82, 2.24) is 24.8 Å². The number of azide groups is 1. The van der Waals surface area contributed by atoms with Crippen LogP contribution < -0.4 is 10.6 Å². The summed E-state index contributed by atoms with van der Waals surface area (Å²) in [5.74, 6) is -0.257. The van der Waals surface area contributed by atoms with E-state index in [1.807, 2.05) is 0 Å². The van der Waals surface area contributed by atoms with Crippen LogP contribution in [-0.2, 0) is 4.79 Å². The zero-order valence-electron chi connectivity index (χ0n) is 14.0. The number of fused-ring (bicyclic) bond motifs is 2. The molecular formula is C14H17N9O3. The molecule has 0 spiro atoms. The van der Waals surface area contributed by atoms with Gasteiger partial charge in [-0.2, -0.15) is 0 Å². The number of hydrogen-bond donors (Lipinski definition) is 4. The van der Waals surface area contributed by atoms with Crippen molar-refractivity contribution in [3.63, 3.8) is 0 Å². The van der Waals surface area contributed by atoms with E-state index in [-0.39, 0.29) is 17.8 Å². The molecule has 12 nitrogen and oxygen atoms in total. The number of aliphatic hydroxyl groups excluding tert-OH is 2. The van der Waals surface area contributed by atoms with Gasteiger partial charge in [0.15, 0.2) is 11.5 Å². The smallest absolute Gasteiger partial charge is 0.229 e. The molecule has 2 saturated carbocycles. The number of nitrogens with one attached hydrogen (secondary N) is 2. The Labute approximate surface area is 146 Å². The molecule has 2 aliphatic carbocycles. The SMILES string of the molecule is CNC(=O)[C@]12CC1[C@@H](n1cnc3c(NC)nc(N=[N+]=[N-])nc31)[C@H](O)[C@@H]2O. The van der Waals surface area contributed by atoms with Crippen LogP contribution in [0.25, 0.3) is 21.6 Å². The Bertz CT molecular complexity index is 953. The van der Waals surface area contributed by atoms with E-state index in [2.05, 4.69) is 35.6 Å². The van der Waals surface area contributed by atoms with E-state index < -0.39 is 23.7 Å². The summed E-state index contributed by atoms with van der Waals surface area (Å²) in [6.45, 7) is 0. The first-order valence-electron chi connectivity index (χ1n) is 8.05. The third kappa shape index (κ3) is 1.94. The van der Waals surface area contributed by atoms with Crippen molar-refractivity contribution in [1.29, 1.82) is 0 Å². The summed E-state index contributed by atoms with van der Waals surface area (Å²) >= 11 is 0. The fourth-order valence-electron chi connectivity index (χ4n) is 4.17. The third-order valence-corrected chi connectivity index (χ3v) is 5.42. The molecule has 0 aromatic carbocycles. The molecule has 136 valence electrons. The summed E-state index contributed by atoms with van der Waals surface area (Å²) in [5, 5.41) is 29.9. The van der Waals surface area contributed by atoms with E-state index in [1.54, 1.807) is 11.6 Å². The topological polar surface area (TPSA) is 174 Å². The predicted molar refractivity (Wildman–Crippen MR) is 89.3 cm³/mol. The number of hydrogen-bond acceptors (Lipinski definition) is 8. The molecule has 5 atom stereocenters. The first-order valence-corrected chi connectivity index (χ1v) is 8.05. The van der Waals surface area contributed by atoms with Gasteiger partial charge in [0, 0.05) is 24.9 Å². The predicted octanol–water partition coefficient (Wildman–Crippen LogP) is -0.161. The zero-order chi connectivity index (χ0) is 18.6. The summed E-state index contributed by atoms with van der Waals surface area (Å²) in [4.78, 5) is 27.5. The van der Waals surface area contributed by atoms with Gasteiger partial charge in [0.1, 0.15) is 11.6 Å². The van der Waals surface area contributed by atoms with Crippen LogP contribution in [0.5, 0.6) is 0 Å². The first kappa shape index (κ1) is 16.5. The maximum Gasteiger partial charge on any atom is 0.229 e. The van der Waals surface area contributed by atoms with Crippen LogP contribution >= 0.6 is 0 Å². The molecule has 0 saturated heterocycles. The molecule has 2 aliphatic rings. The van der Waals surface area contributed by atoms with Gasteiger partial charge in [-0.1, -0.05) is 0 Å². The standard InChI is InChI=1S/C14H17N9O3/c1-16-10-6-11(20-13(19-10)21-22-15)23(4-18-6)7-5-3-14(5,12(26)17-2)9(25)8(7)24/h4-5,7-9,24-25H,3H2,1-2H3,(H,17,26)(H,16,19,20)/t5?,7-,8+,9+,14-/m1/s1. The number of nitrogens with zero attached hydrogens (tertiary/aromatic N) is 7. The average Bonchev–Trinajstić information content (AvgIpc) is 3.18. The van der Waals surface area contributed by atoms with E-state index in [0.29, 0.717) is 23.4 Å². The second-order valence-corrected chi connectivity index (χ2v) is 6.49. The van der Waals surface area contributed by atoms with E-state index in [0.717, 1.165) is 0 Å². The lowest BCUT2D eigenvalue weighted by Gasteiger charge is -2.23. The minimum atomic E-state index is -1.18. The molecule has 2 aromatic heterocycles. The lowest BCUT2D eigenvalue weighted by molar-refractivity contribution is -0.132. The number of rotatable bonds is 4. The van der Waals surface area contributed by atoms with Crippen molar-refractivity contribution >= 4 is 28.8 Å². The molecule has 0 aliphatic heterocycles. The van der Waals surface area contributed by atoms with Crippen molar-refractivity contribution in [3.05, 3.63) is 16.8 Å². The Morgan fingerprint density at radius 3 is 2.88 bits per heavy atom. The monoisotopic (exact) mass is 359 g/mol. The molecule has 2 aromatic rings. The molecule has 0 radical (unpaired) electrons. The number of anilines is 1. The van der Waals surface area contributed by atoms with Crippen LogP contribution in [0.4, 0.5) is 11.8 Å². The highest BCUT2D eigenvalue weighted by Gasteiger charge is 2.75. The first-order chi connectivity index (χ1) is 12.5. The summed E-state index contributed by atoms with van der Waals surface area (Å²) in [7, 11) is 3.15. The third-order valence-electron chi connectivity index (χ3n) is 5.42. The summed E-state index contributed by atoms with van der Waals surface area (Å²) in [5.41, 5.74) is 8.44. The van der Waals surface area contributed by atoms with Gasteiger partial charge in [-0.05, 0) is 17.1 Å². The summed E-state index contributed by atoms with van der Waals surface area (Å²) < 4.78 is 1.62. The van der Waals surface area contributed by atoms with Crippen molar-refractivity contribution in [2.45, 2.75) is 24.7 Å². The molecular weight excluding hydrogens is 342 g/mol. The number of amides is 1. The number of aliphatic hydroxyl groups is 2. The lowest BCUT2D eigenvalue weighted by atomic mass is 9.98. The minimum Gasteiger partial charge on any atom is -0.389 e. The highest BCUT2D eigenvalue weighted by molar-refractivity contribution is 5.88. The van der Waals surface area contributed by atoms with Crippen LogP contribution in [0.2, 0.25) is 0 Å². The Balaban J connectivity index is 1.84. The van der Waals surface area contributed by atoms with Gasteiger partial charge < -0.3 is 25.4 Å². The van der Waals surface area contributed by atoms with Gasteiger partial charge in [0.25, 0.3) is 0 Å². The van der Waals surface area contributed by atoms with Crippen molar-refractivity contribution in [2.24, 2.45) is 16.4 Å². The fraction of sp³-hybridized carbons (Fsp3) is 0.571. The molecule has 0 bridgehead atoms. The van der Waals surface area contributed by atoms with Gasteiger partial charge in [-0.25, -0.2) is 15.0 Å². The van der Waals surface area contributed by atoms with Crippen LogP contribution in [-0.4, -0.2) is 61.9 Å². The Hall–Kier alpha value is -2.95. The average molecular weight is 359 g/mol. The molecule has 26 heavy (non-hydrogen) atoms. The summed E-state index contributed by atoms with van der Waals surface area (Å²) in [6.07, 6.45) is -0.391. The summed E-state index contributed by atoms with van der Waals surface area (Å²) in [6, 6.07) is -0.578. The number of carbonyl (C=O) groups is 1. The van der Waals surface area contributed by atoms with Gasteiger partial charge in [0.2, 0.25) is 11.9 Å². The molecule has 2 fully saturated rings. The van der Waals surface area contributed by atoms with Crippen LogP contribution in [0.3, 0.4) is 0 Å². The molecule has 1 amide bonds. The zero-order valence-corrected chi connectivity index (χ0v) is 14.0. The Morgan fingerprint density at radius 2 is 2.23 bits per heavy atom. The van der Waals surface area contributed by atoms with Crippen molar-refractivity contribution in [2.75, 3.05) is 19.4 Å². The van der Waals surface area contributed by atoms with Gasteiger partial charge in [-0.15, -0.1) is 0 Å². The van der Waals surface area contributed by atoms with Gasteiger partial charge in [0.05, 0.1) is 23.9 Å². The molecule has 12 heteroatoms. The quantitative estimate of drug-likeness (QED) is 0.333. The maximum atomic E-state index is 12.3. The largest absolute Gasteiger partial charge is 0.389 e.